The van der Waals surface area contributed by atoms with Crippen LogP contribution in [0, 0.1) is 0 Å². The van der Waals surface area contributed by atoms with E-state index < -0.39 is 17.9 Å². The molecular formula is C4H10N2O4. The molecule has 0 bridgehead atoms. The maximum Gasteiger partial charge on any atom is 0.321 e. The molecule has 0 radical (unpaired) electrons. The SMILES string of the molecule is O.[15NH2][13C](=O)[13CH2][13C@@H]([15NH2])[13C](=O)O. The number of carbonyl (C=O) groups excluding carboxylic acids is 1. The highest BCUT2D eigenvalue weighted by molar-refractivity contribution is 5.82. The van der Waals surface area contributed by atoms with Crippen molar-refractivity contribution in [3.05, 3.63) is 0 Å². The standard InChI is InChI=1S/C4H8N2O3.H2O/c5-2(4(8)9)1-3(6)7;/h2H,1,5H2,(H2,6,7)(H,8,9);1H2/t2-;/m1./s1/i1+1,2+1,3+1,4+1,5+1,6+1;. The molecule has 0 aliphatic rings. The van der Waals surface area contributed by atoms with Gasteiger partial charge in [0.2, 0.25) is 5.91 Å². The molecule has 10 heavy (non-hydrogen) atoms. The van der Waals surface area contributed by atoms with Crippen molar-refractivity contribution < 1.29 is 20.2 Å². The van der Waals surface area contributed by atoms with Crippen LogP contribution in [-0.2, 0) is 9.59 Å². The van der Waals surface area contributed by atoms with E-state index in [1.54, 1.807) is 0 Å². The van der Waals surface area contributed by atoms with Crippen LogP contribution >= 0.6 is 0 Å². The van der Waals surface area contributed by atoms with Crippen molar-refractivity contribution in [2.24, 2.45) is 11.5 Å². The molecule has 0 saturated carbocycles. The molecule has 1 amide bonds. The summed E-state index contributed by atoms with van der Waals surface area (Å²) < 4.78 is 0. The fraction of sp³-hybridized carbons (Fsp3) is 0.500. The van der Waals surface area contributed by atoms with E-state index >= 15 is 0 Å². The Morgan fingerprint density at radius 2 is 1.90 bits per heavy atom. The molecule has 0 aliphatic heterocycles. The Labute approximate surface area is 57.1 Å². The van der Waals surface area contributed by atoms with Crippen molar-refractivity contribution in [1.29, 1.82) is 0 Å². The van der Waals surface area contributed by atoms with Crippen molar-refractivity contribution in [1.82, 2.24) is 0 Å². The van der Waals surface area contributed by atoms with E-state index in [0.717, 1.165) is 0 Å². The molecule has 0 aromatic carbocycles. The zero-order valence-electron chi connectivity index (χ0n) is 5.20. The number of rotatable bonds is 3. The Bertz CT molecular complexity index is 135. The molecule has 0 rings (SSSR count). The van der Waals surface area contributed by atoms with Gasteiger partial charge in [-0.1, -0.05) is 0 Å². The highest BCUT2D eigenvalue weighted by Gasteiger charge is 2.13. The van der Waals surface area contributed by atoms with Crippen molar-refractivity contribution in [2.75, 3.05) is 0 Å². The number of carboxylic acid groups (broad SMARTS) is 1. The number of nitrogens with two attached hydrogens (primary N) is 2. The van der Waals surface area contributed by atoms with Crippen LogP contribution in [0.3, 0.4) is 0 Å². The van der Waals surface area contributed by atoms with Crippen molar-refractivity contribution in [3.8, 4) is 0 Å². The lowest BCUT2D eigenvalue weighted by Crippen LogP contribution is -2.34. The predicted octanol–water partition coefficient (Wildman–Crippen LogP) is -2.55. The molecule has 60 valence electrons. The highest BCUT2D eigenvalue weighted by Crippen LogP contribution is 1.84. The maximum absolute atomic E-state index is 9.99. The van der Waals surface area contributed by atoms with Gasteiger partial charge in [-0.2, -0.15) is 0 Å². The molecule has 7 N–H and O–H groups in total. The summed E-state index contributed by atoms with van der Waals surface area (Å²) in [5.74, 6) is -1.92. The van der Waals surface area contributed by atoms with E-state index in [2.05, 4.69) is 5.73 Å². The third-order valence-electron chi connectivity index (χ3n) is 0.738. The third-order valence-corrected chi connectivity index (χ3v) is 0.738. The number of hydrogen-bond acceptors (Lipinski definition) is 3. The van der Waals surface area contributed by atoms with Gasteiger partial charge >= 0.3 is 5.97 Å². The number of primary amides is 1. The predicted molar refractivity (Wildman–Crippen MR) is 33.0 cm³/mol. The number of aliphatic carboxylic acids is 1. The van der Waals surface area contributed by atoms with Crippen LogP contribution in [0.2, 0.25) is 0 Å². The van der Waals surface area contributed by atoms with Gasteiger partial charge in [-0.05, 0) is 0 Å². The van der Waals surface area contributed by atoms with Gasteiger partial charge < -0.3 is 22.1 Å². The number of amides is 1. The Morgan fingerprint density at radius 1 is 1.50 bits per heavy atom. The molecule has 1 atom stereocenters. The molecule has 0 aromatic rings. The Balaban J connectivity index is 0. The second-order valence-electron chi connectivity index (χ2n) is 1.62. The first-order chi connectivity index (χ1) is 4.04. The van der Waals surface area contributed by atoms with E-state index in [1.165, 1.54) is 0 Å². The monoisotopic (exact) mass is 156 g/mol. The maximum atomic E-state index is 9.99. The first-order valence-electron chi connectivity index (χ1n) is 2.30. The van der Waals surface area contributed by atoms with Crippen LogP contribution in [0.1, 0.15) is 6.42 Å². The van der Waals surface area contributed by atoms with Crippen LogP contribution in [0.15, 0.2) is 0 Å². The lowest BCUT2D eigenvalue weighted by Gasteiger charge is -1.99. The summed E-state index contributed by atoms with van der Waals surface area (Å²) >= 11 is 0. The minimum atomic E-state index is -1.21. The van der Waals surface area contributed by atoms with Gasteiger partial charge in [-0.3, -0.25) is 9.59 Å². The van der Waals surface area contributed by atoms with Gasteiger partial charge in [0, 0.05) is 0 Å². The summed E-state index contributed by atoms with van der Waals surface area (Å²) in [6.45, 7) is 0. The summed E-state index contributed by atoms with van der Waals surface area (Å²) in [5.41, 5.74) is 9.57. The summed E-state index contributed by atoms with van der Waals surface area (Å²) in [4.78, 5) is 19.9. The quantitative estimate of drug-likeness (QED) is 0.305. The summed E-state index contributed by atoms with van der Waals surface area (Å²) in [6, 6.07) is -1.16. The van der Waals surface area contributed by atoms with Crippen molar-refractivity contribution >= 4 is 11.9 Å². The minimum absolute atomic E-state index is 0. The highest BCUT2D eigenvalue weighted by atomic mass is 16.5. The zero-order chi connectivity index (χ0) is 7.44. The van der Waals surface area contributed by atoms with E-state index in [9.17, 15) is 9.59 Å². The molecular weight excluding hydrogens is 146 g/mol. The first-order valence-corrected chi connectivity index (χ1v) is 2.30. The topological polar surface area (TPSA) is 138 Å². The van der Waals surface area contributed by atoms with Gasteiger partial charge in [0.15, 0.2) is 0 Å². The molecule has 0 fully saturated rings. The van der Waals surface area contributed by atoms with Crippen LogP contribution in [-0.4, -0.2) is 28.5 Å². The molecule has 0 spiro atoms. The van der Waals surface area contributed by atoms with Crippen LogP contribution in [0.5, 0.6) is 0 Å². The third kappa shape index (κ3) is 5.01. The Kier molecular flexibility index (Phi) is 5.48. The van der Waals surface area contributed by atoms with Crippen LogP contribution in [0.25, 0.3) is 0 Å². The fourth-order valence-corrected chi connectivity index (χ4v) is 0.304. The first kappa shape index (κ1) is 11.6. The fourth-order valence-electron chi connectivity index (χ4n) is 0.304. The second-order valence-corrected chi connectivity index (χ2v) is 1.62. The van der Waals surface area contributed by atoms with Gasteiger partial charge in [0.05, 0.1) is 6.42 Å². The lowest BCUT2D eigenvalue weighted by molar-refractivity contribution is -0.140. The molecule has 6 heteroatoms. The summed E-state index contributed by atoms with van der Waals surface area (Å²) in [6.07, 6.45) is -0.310. The average Bonchev–Trinajstić information content (AvgIpc) is 1.63. The number of hydrogen-bond donors (Lipinski definition) is 3. The number of carbonyl (C=O) groups is 2. The number of carboxylic acids is 1. The summed E-state index contributed by atoms with van der Waals surface area (Å²) in [5, 5.41) is 8.10. The van der Waals surface area contributed by atoms with E-state index in [0.29, 0.717) is 0 Å². The Morgan fingerprint density at radius 3 is 2.00 bits per heavy atom. The molecule has 0 heterocycles. The molecule has 6 nitrogen and oxygen atoms in total. The van der Waals surface area contributed by atoms with Crippen LogP contribution in [0.4, 0.5) is 0 Å². The normalized spacial score (nSPS) is 11.3. The smallest absolute Gasteiger partial charge is 0.321 e. The van der Waals surface area contributed by atoms with Crippen molar-refractivity contribution in [2.45, 2.75) is 12.5 Å². The second kappa shape index (κ2) is 4.71. The van der Waals surface area contributed by atoms with E-state index in [1.807, 2.05) is 0 Å². The minimum Gasteiger partial charge on any atom is -0.480 e. The van der Waals surface area contributed by atoms with Crippen LogP contribution < -0.4 is 11.5 Å². The largest absolute Gasteiger partial charge is 0.480 e. The van der Waals surface area contributed by atoms with Gasteiger partial charge in [-0.15, -0.1) is 0 Å². The van der Waals surface area contributed by atoms with Crippen molar-refractivity contribution in [3.63, 3.8) is 0 Å². The Hall–Kier alpha value is -1.14. The molecule has 0 aliphatic carbocycles. The molecule has 0 saturated heterocycles. The average molecular weight is 156 g/mol. The lowest BCUT2D eigenvalue weighted by atomic mass is 11.2. The van der Waals surface area contributed by atoms with Gasteiger partial charge in [0.1, 0.15) is 6.04 Å². The van der Waals surface area contributed by atoms with Gasteiger partial charge in [0.25, 0.3) is 0 Å². The van der Waals surface area contributed by atoms with Gasteiger partial charge in [-0.25, -0.2) is 0 Å². The van der Waals surface area contributed by atoms with E-state index in [-0.39, 0.29) is 11.9 Å². The van der Waals surface area contributed by atoms with E-state index in [4.69, 9.17) is 10.8 Å². The molecule has 0 unspecified atom stereocenters. The summed E-state index contributed by atoms with van der Waals surface area (Å²) in [7, 11) is 0. The zero-order valence-corrected chi connectivity index (χ0v) is 5.20. The molecule has 0 aromatic heterocycles.